The average molecular weight is 270 g/mol. The molecule has 0 rings (SSSR count). The summed E-state index contributed by atoms with van der Waals surface area (Å²) in [6.07, 6.45) is 0.505. The van der Waals surface area contributed by atoms with Crippen molar-refractivity contribution in [2.24, 2.45) is 0 Å². The standard InChI is InChI=1S/C7H13NO3SSe/c1-13-3-2-5(7(10)11)8-6(9)4-12/h5,12H,2-4H2,1H3,(H,8,9)(H,10,11). The molecule has 0 saturated carbocycles. The molecule has 0 saturated heterocycles. The number of rotatable bonds is 6. The van der Waals surface area contributed by atoms with Gasteiger partial charge in [-0.15, -0.1) is 0 Å². The van der Waals surface area contributed by atoms with Crippen molar-refractivity contribution in [2.45, 2.75) is 23.6 Å². The van der Waals surface area contributed by atoms with Gasteiger partial charge in [-0.3, -0.25) is 0 Å². The molecule has 0 aromatic heterocycles. The van der Waals surface area contributed by atoms with E-state index in [9.17, 15) is 9.59 Å². The van der Waals surface area contributed by atoms with E-state index in [0.717, 1.165) is 5.32 Å². The summed E-state index contributed by atoms with van der Waals surface area (Å²) < 4.78 is 0. The quantitative estimate of drug-likeness (QED) is 0.472. The second kappa shape index (κ2) is 7.24. The van der Waals surface area contributed by atoms with Gasteiger partial charge in [0, 0.05) is 0 Å². The summed E-state index contributed by atoms with van der Waals surface area (Å²) in [6.45, 7) is 0. The molecule has 0 aliphatic heterocycles. The number of thiol groups is 1. The van der Waals surface area contributed by atoms with E-state index in [1.807, 2.05) is 5.82 Å². The van der Waals surface area contributed by atoms with Crippen LogP contribution in [0.3, 0.4) is 0 Å². The molecule has 0 aromatic carbocycles. The van der Waals surface area contributed by atoms with Gasteiger partial charge in [0.1, 0.15) is 0 Å². The summed E-state index contributed by atoms with van der Waals surface area (Å²) in [5.74, 6) is 0.756. The first kappa shape index (κ1) is 12.8. The van der Waals surface area contributed by atoms with Crippen LogP contribution in [0.4, 0.5) is 0 Å². The summed E-state index contributed by atoms with van der Waals surface area (Å²) in [6, 6.07) is -0.749. The summed E-state index contributed by atoms with van der Waals surface area (Å²) >= 11 is 4.19. The third-order valence-electron chi connectivity index (χ3n) is 1.39. The van der Waals surface area contributed by atoms with Gasteiger partial charge in [0.05, 0.1) is 0 Å². The number of carbonyl (C=O) groups is 2. The van der Waals surface area contributed by atoms with E-state index in [4.69, 9.17) is 5.11 Å². The molecule has 4 nitrogen and oxygen atoms in total. The molecule has 0 aliphatic rings. The predicted molar refractivity (Wildman–Crippen MR) is 54.5 cm³/mol. The van der Waals surface area contributed by atoms with E-state index in [-0.39, 0.29) is 11.7 Å². The van der Waals surface area contributed by atoms with Crippen molar-refractivity contribution in [2.75, 3.05) is 5.75 Å². The van der Waals surface area contributed by atoms with Crippen molar-refractivity contribution in [1.82, 2.24) is 5.32 Å². The predicted octanol–water partition coefficient (Wildman–Crippen LogP) is 0.0463. The number of carboxylic acids is 1. The van der Waals surface area contributed by atoms with Crippen molar-refractivity contribution in [3.63, 3.8) is 0 Å². The first-order valence-corrected chi connectivity index (χ1v) is 7.29. The Balaban J connectivity index is 3.94. The molecule has 13 heavy (non-hydrogen) atoms. The Kier molecular flexibility index (Phi) is 7.13. The zero-order chi connectivity index (χ0) is 10.3. The van der Waals surface area contributed by atoms with Gasteiger partial charge < -0.3 is 0 Å². The molecular weight excluding hydrogens is 257 g/mol. The third kappa shape index (κ3) is 5.96. The number of nitrogens with one attached hydrogen (secondary N) is 1. The van der Waals surface area contributed by atoms with Crippen molar-refractivity contribution in [3.8, 4) is 0 Å². The molecular formula is C7H13NO3SSe. The van der Waals surface area contributed by atoms with E-state index in [1.165, 1.54) is 0 Å². The van der Waals surface area contributed by atoms with Crippen molar-refractivity contribution >= 4 is 39.5 Å². The molecule has 0 spiro atoms. The van der Waals surface area contributed by atoms with Crippen molar-refractivity contribution < 1.29 is 14.7 Å². The van der Waals surface area contributed by atoms with Gasteiger partial charge in [0.15, 0.2) is 0 Å². The minimum absolute atomic E-state index is 0.0288. The maximum absolute atomic E-state index is 10.8. The van der Waals surface area contributed by atoms with Crippen LogP contribution in [0.2, 0.25) is 11.1 Å². The Morgan fingerprint density at radius 2 is 2.23 bits per heavy atom. The zero-order valence-corrected chi connectivity index (χ0v) is 9.93. The van der Waals surface area contributed by atoms with E-state index in [1.54, 1.807) is 0 Å². The number of aliphatic carboxylic acids is 1. The van der Waals surface area contributed by atoms with Crippen LogP contribution in [-0.4, -0.2) is 43.7 Å². The molecule has 1 atom stereocenters. The van der Waals surface area contributed by atoms with Crippen LogP contribution in [0.1, 0.15) is 6.42 Å². The molecule has 1 amide bonds. The van der Waals surface area contributed by atoms with Crippen LogP contribution in [0, 0.1) is 0 Å². The second-order valence-electron chi connectivity index (χ2n) is 2.40. The SMILES string of the molecule is C[Se]CCC(NC(=O)CS)C(=O)O. The molecule has 0 radical (unpaired) electrons. The van der Waals surface area contributed by atoms with E-state index in [2.05, 4.69) is 17.9 Å². The van der Waals surface area contributed by atoms with E-state index in [0.29, 0.717) is 21.4 Å². The Bertz CT molecular complexity index is 189. The summed E-state index contributed by atoms with van der Waals surface area (Å²) in [4.78, 5) is 21.5. The molecule has 0 aliphatic carbocycles. The fraction of sp³-hybridized carbons (Fsp3) is 0.714. The van der Waals surface area contributed by atoms with Crippen molar-refractivity contribution in [1.29, 1.82) is 0 Å². The molecule has 76 valence electrons. The summed E-state index contributed by atoms with van der Waals surface area (Å²) in [5.41, 5.74) is 0. The number of hydrogen-bond acceptors (Lipinski definition) is 3. The van der Waals surface area contributed by atoms with Gasteiger partial charge in [-0.25, -0.2) is 0 Å². The van der Waals surface area contributed by atoms with Gasteiger partial charge >= 0.3 is 88.8 Å². The fourth-order valence-corrected chi connectivity index (χ4v) is 1.81. The summed E-state index contributed by atoms with van der Waals surface area (Å²) in [5, 5.41) is 12.0. The van der Waals surface area contributed by atoms with Crippen LogP contribution in [0.5, 0.6) is 0 Å². The molecule has 0 bridgehead atoms. The van der Waals surface area contributed by atoms with Gasteiger partial charge in [0.2, 0.25) is 0 Å². The van der Waals surface area contributed by atoms with Gasteiger partial charge in [-0.2, -0.15) is 0 Å². The minimum atomic E-state index is -0.973. The molecule has 6 heteroatoms. The monoisotopic (exact) mass is 271 g/mol. The van der Waals surface area contributed by atoms with Crippen LogP contribution in [-0.2, 0) is 9.59 Å². The van der Waals surface area contributed by atoms with Gasteiger partial charge in [0.25, 0.3) is 0 Å². The number of hydrogen-bond donors (Lipinski definition) is 3. The Hall–Kier alpha value is -0.191. The second-order valence-corrected chi connectivity index (χ2v) is 4.78. The molecule has 0 heterocycles. The normalized spacial score (nSPS) is 12.2. The first-order chi connectivity index (χ1) is 6.11. The van der Waals surface area contributed by atoms with Gasteiger partial charge in [-0.05, 0) is 0 Å². The van der Waals surface area contributed by atoms with Crippen LogP contribution >= 0.6 is 12.6 Å². The van der Waals surface area contributed by atoms with Crippen LogP contribution in [0.15, 0.2) is 0 Å². The van der Waals surface area contributed by atoms with E-state index < -0.39 is 12.0 Å². The van der Waals surface area contributed by atoms with Crippen LogP contribution < -0.4 is 5.32 Å². The molecule has 0 aromatic rings. The third-order valence-corrected chi connectivity index (χ3v) is 3.03. The number of carbonyl (C=O) groups excluding carboxylic acids is 1. The fourth-order valence-electron chi connectivity index (χ4n) is 0.733. The van der Waals surface area contributed by atoms with Crippen molar-refractivity contribution in [3.05, 3.63) is 0 Å². The van der Waals surface area contributed by atoms with Gasteiger partial charge in [-0.1, -0.05) is 0 Å². The van der Waals surface area contributed by atoms with E-state index >= 15 is 0 Å². The Morgan fingerprint density at radius 3 is 2.62 bits per heavy atom. The maximum atomic E-state index is 10.8. The Labute approximate surface area is 89.0 Å². The number of carboxylic acid groups (broad SMARTS) is 1. The topological polar surface area (TPSA) is 66.4 Å². The number of amides is 1. The molecule has 1 unspecified atom stereocenters. The Morgan fingerprint density at radius 1 is 1.62 bits per heavy atom. The summed E-state index contributed by atoms with van der Waals surface area (Å²) in [7, 11) is 0. The van der Waals surface area contributed by atoms with Crippen LogP contribution in [0.25, 0.3) is 0 Å². The molecule has 2 N–H and O–H groups in total. The zero-order valence-electron chi connectivity index (χ0n) is 7.32. The average Bonchev–Trinajstić information content (AvgIpc) is 2.11. The first-order valence-electron chi connectivity index (χ1n) is 3.73. The molecule has 0 fully saturated rings.